The van der Waals surface area contributed by atoms with Gasteiger partial charge in [-0.1, -0.05) is 26.0 Å². The van der Waals surface area contributed by atoms with Gasteiger partial charge in [0.1, 0.15) is 5.75 Å². The lowest BCUT2D eigenvalue weighted by Gasteiger charge is -2.18. The summed E-state index contributed by atoms with van der Waals surface area (Å²) in [6, 6.07) is 8.61. The smallest absolute Gasteiger partial charge is 0.191 e. The van der Waals surface area contributed by atoms with Crippen molar-refractivity contribution in [2.24, 2.45) is 18.0 Å². The van der Waals surface area contributed by atoms with E-state index in [1.54, 1.807) is 0 Å². The number of hydrogen-bond acceptors (Lipinski definition) is 3. The Bertz CT molecular complexity index is 814. The standard InChI is InChI=1S/C24H39N5O.HI/c1-8-25-24(27-18(4)15-23-19(5)28-29(7)20(23)6)26-14-13-21-9-11-22(12-10-21)30-16-17(2)3;/h9-12,17-18H,8,13-16H2,1-7H3,(H2,25,26,27);1H. The third-order valence-corrected chi connectivity index (χ3v) is 5.07. The molecule has 0 saturated heterocycles. The Morgan fingerprint density at radius 1 is 1.16 bits per heavy atom. The Labute approximate surface area is 205 Å². The fourth-order valence-electron chi connectivity index (χ4n) is 3.34. The van der Waals surface area contributed by atoms with Crippen LogP contribution in [0.1, 0.15) is 50.2 Å². The van der Waals surface area contributed by atoms with Crippen LogP contribution < -0.4 is 15.4 Å². The predicted molar refractivity (Wildman–Crippen MR) is 141 cm³/mol. The molecule has 1 unspecified atom stereocenters. The van der Waals surface area contributed by atoms with Gasteiger partial charge in [0.25, 0.3) is 0 Å². The first-order valence-corrected chi connectivity index (χ1v) is 11.1. The zero-order valence-electron chi connectivity index (χ0n) is 20.2. The molecule has 0 radical (unpaired) electrons. The lowest BCUT2D eigenvalue weighted by atomic mass is 10.1. The van der Waals surface area contributed by atoms with Crippen molar-refractivity contribution >= 4 is 29.9 Å². The Morgan fingerprint density at radius 2 is 1.84 bits per heavy atom. The molecule has 0 amide bonds. The minimum Gasteiger partial charge on any atom is -0.493 e. The van der Waals surface area contributed by atoms with Crippen LogP contribution in [-0.2, 0) is 19.9 Å². The van der Waals surface area contributed by atoms with E-state index in [-0.39, 0.29) is 30.0 Å². The fraction of sp³-hybridized carbons (Fsp3) is 0.583. The van der Waals surface area contributed by atoms with Gasteiger partial charge < -0.3 is 15.4 Å². The molecule has 0 saturated carbocycles. The highest BCUT2D eigenvalue weighted by Crippen LogP contribution is 2.15. The number of rotatable bonds is 10. The van der Waals surface area contributed by atoms with Crippen molar-refractivity contribution < 1.29 is 4.74 Å². The summed E-state index contributed by atoms with van der Waals surface area (Å²) in [5.41, 5.74) is 4.91. The molecule has 1 heterocycles. The molecule has 1 atom stereocenters. The maximum Gasteiger partial charge on any atom is 0.191 e. The van der Waals surface area contributed by atoms with Crippen LogP contribution in [0, 0.1) is 19.8 Å². The third-order valence-electron chi connectivity index (χ3n) is 5.07. The summed E-state index contributed by atoms with van der Waals surface area (Å²) in [4.78, 5) is 4.76. The molecule has 1 aromatic heterocycles. The van der Waals surface area contributed by atoms with Crippen LogP contribution in [0.4, 0.5) is 0 Å². The summed E-state index contributed by atoms with van der Waals surface area (Å²) in [7, 11) is 2.00. The molecule has 0 fully saturated rings. The Morgan fingerprint density at radius 3 is 2.39 bits per heavy atom. The molecule has 0 bridgehead atoms. The lowest BCUT2D eigenvalue weighted by Crippen LogP contribution is -2.43. The van der Waals surface area contributed by atoms with Gasteiger partial charge in [-0.3, -0.25) is 9.67 Å². The summed E-state index contributed by atoms with van der Waals surface area (Å²) >= 11 is 0. The van der Waals surface area contributed by atoms with Gasteiger partial charge in [0.05, 0.1) is 12.3 Å². The molecule has 31 heavy (non-hydrogen) atoms. The Hall–Kier alpha value is -1.77. The molecule has 2 rings (SSSR count). The molecule has 0 spiro atoms. The largest absolute Gasteiger partial charge is 0.493 e. The number of aryl methyl sites for hydroxylation is 2. The zero-order chi connectivity index (χ0) is 22.1. The van der Waals surface area contributed by atoms with Crippen LogP contribution >= 0.6 is 24.0 Å². The van der Waals surface area contributed by atoms with Crippen molar-refractivity contribution in [1.82, 2.24) is 20.4 Å². The van der Waals surface area contributed by atoms with E-state index < -0.39 is 0 Å². The number of aromatic nitrogens is 2. The molecule has 7 heteroatoms. The normalized spacial score (nSPS) is 12.5. The van der Waals surface area contributed by atoms with E-state index >= 15 is 0 Å². The number of aliphatic imine (C=N–C) groups is 1. The van der Waals surface area contributed by atoms with Crippen molar-refractivity contribution in [2.75, 3.05) is 19.7 Å². The number of nitrogens with zero attached hydrogens (tertiary/aromatic N) is 3. The zero-order valence-corrected chi connectivity index (χ0v) is 22.5. The van der Waals surface area contributed by atoms with Crippen LogP contribution in [0.3, 0.4) is 0 Å². The van der Waals surface area contributed by atoms with Crippen molar-refractivity contribution in [3.05, 3.63) is 46.8 Å². The summed E-state index contributed by atoms with van der Waals surface area (Å²) in [5.74, 6) is 2.33. The van der Waals surface area contributed by atoms with E-state index in [4.69, 9.17) is 9.73 Å². The van der Waals surface area contributed by atoms with Gasteiger partial charge in [0, 0.05) is 31.9 Å². The number of ether oxygens (including phenoxy) is 1. The van der Waals surface area contributed by atoms with E-state index in [0.29, 0.717) is 5.92 Å². The fourth-order valence-corrected chi connectivity index (χ4v) is 3.34. The Kier molecular flexibility index (Phi) is 12.0. The molecule has 6 nitrogen and oxygen atoms in total. The van der Waals surface area contributed by atoms with Crippen molar-refractivity contribution in [2.45, 2.75) is 60.4 Å². The SMILES string of the molecule is CCNC(=NCCc1ccc(OCC(C)C)cc1)NC(C)Cc1c(C)nn(C)c1C.I. The van der Waals surface area contributed by atoms with Gasteiger partial charge in [-0.25, -0.2) is 0 Å². The van der Waals surface area contributed by atoms with Crippen LogP contribution in [0.5, 0.6) is 5.75 Å². The second-order valence-electron chi connectivity index (χ2n) is 8.38. The van der Waals surface area contributed by atoms with E-state index in [1.165, 1.54) is 16.8 Å². The summed E-state index contributed by atoms with van der Waals surface area (Å²) < 4.78 is 7.71. The van der Waals surface area contributed by atoms with Crippen LogP contribution in [0.25, 0.3) is 0 Å². The van der Waals surface area contributed by atoms with Crippen molar-refractivity contribution in [1.29, 1.82) is 0 Å². The number of halogens is 1. The average Bonchev–Trinajstić information content (AvgIpc) is 2.93. The van der Waals surface area contributed by atoms with E-state index in [0.717, 1.165) is 49.9 Å². The molecular formula is C24H40IN5O. The van der Waals surface area contributed by atoms with Gasteiger partial charge >= 0.3 is 0 Å². The van der Waals surface area contributed by atoms with Gasteiger partial charge in [-0.05, 0) is 69.7 Å². The Balaban J connectivity index is 0.00000480. The summed E-state index contributed by atoms with van der Waals surface area (Å²) in [6.45, 7) is 15.1. The minimum absolute atomic E-state index is 0. The first-order chi connectivity index (χ1) is 14.3. The monoisotopic (exact) mass is 541 g/mol. The van der Waals surface area contributed by atoms with Gasteiger partial charge in [0.2, 0.25) is 0 Å². The number of benzene rings is 1. The van der Waals surface area contributed by atoms with Gasteiger partial charge in [-0.15, -0.1) is 24.0 Å². The highest BCUT2D eigenvalue weighted by atomic mass is 127. The van der Waals surface area contributed by atoms with Crippen LogP contribution in [0.15, 0.2) is 29.3 Å². The highest BCUT2D eigenvalue weighted by molar-refractivity contribution is 14.0. The quantitative estimate of drug-likeness (QED) is 0.266. The number of nitrogens with one attached hydrogen (secondary N) is 2. The number of hydrogen-bond donors (Lipinski definition) is 2. The summed E-state index contributed by atoms with van der Waals surface area (Å²) in [5, 5.41) is 11.4. The first-order valence-electron chi connectivity index (χ1n) is 11.1. The third kappa shape index (κ3) is 9.09. The van der Waals surface area contributed by atoms with Gasteiger partial charge in [0.15, 0.2) is 5.96 Å². The maximum absolute atomic E-state index is 5.75. The van der Waals surface area contributed by atoms with Gasteiger partial charge in [-0.2, -0.15) is 5.10 Å². The topological polar surface area (TPSA) is 63.5 Å². The predicted octanol–water partition coefficient (Wildman–Crippen LogP) is 4.42. The molecule has 2 aromatic rings. The first kappa shape index (κ1) is 27.3. The van der Waals surface area contributed by atoms with Crippen molar-refractivity contribution in [3.63, 3.8) is 0 Å². The van der Waals surface area contributed by atoms with E-state index in [2.05, 4.69) is 69.4 Å². The second-order valence-corrected chi connectivity index (χ2v) is 8.38. The minimum atomic E-state index is 0. The molecule has 0 aliphatic rings. The van der Waals surface area contributed by atoms with Crippen LogP contribution in [-0.4, -0.2) is 41.5 Å². The molecule has 1 aromatic carbocycles. The molecule has 2 N–H and O–H groups in total. The lowest BCUT2D eigenvalue weighted by molar-refractivity contribution is 0.271. The summed E-state index contributed by atoms with van der Waals surface area (Å²) in [6.07, 6.45) is 1.82. The van der Waals surface area contributed by atoms with Crippen molar-refractivity contribution in [3.8, 4) is 5.75 Å². The average molecular weight is 542 g/mol. The highest BCUT2D eigenvalue weighted by Gasteiger charge is 2.14. The van der Waals surface area contributed by atoms with E-state index in [9.17, 15) is 0 Å². The van der Waals surface area contributed by atoms with E-state index in [1.807, 2.05) is 23.9 Å². The molecule has 0 aliphatic heterocycles. The molecular weight excluding hydrogens is 501 g/mol. The maximum atomic E-state index is 5.75. The molecule has 174 valence electrons. The number of guanidine groups is 1. The van der Waals surface area contributed by atoms with Crippen LogP contribution in [0.2, 0.25) is 0 Å². The molecule has 0 aliphatic carbocycles. The second kappa shape index (κ2) is 13.6.